The van der Waals surface area contributed by atoms with Crippen LogP contribution in [0.25, 0.3) is 0 Å². The molecule has 0 saturated carbocycles. The molecule has 0 amide bonds. The van der Waals surface area contributed by atoms with Crippen molar-refractivity contribution in [2.45, 2.75) is 127 Å². The zero-order valence-electron chi connectivity index (χ0n) is 18.9. The van der Waals surface area contributed by atoms with Gasteiger partial charge < -0.3 is 0 Å². The summed E-state index contributed by atoms with van der Waals surface area (Å²) in [7, 11) is 0. The molecule has 0 radical (unpaired) electrons. The van der Waals surface area contributed by atoms with Crippen LogP contribution in [0.2, 0.25) is 0 Å². The van der Waals surface area contributed by atoms with Crippen molar-refractivity contribution in [3.8, 4) is 0 Å². The fourth-order valence-corrected chi connectivity index (χ4v) is 4.67. The number of rotatable bonds is 18. The molecule has 0 fully saturated rings. The highest BCUT2D eigenvalue weighted by Gasteiger charge is 2.25. The van der Waals surface area contributed by atoms with Crippen LogP contribution in [-0.2, 0) is 12.8 Å². The molecule has 0 saturated heterocycles. The molecular formula is C26H42BrF3. The quantitative estimate of drug-likeness (QED) is 0.142. The van der Waals surface area contributed by atoms with Crippen LogP contribution in [0.15, 0.2) is 24.3 Å². The first-order valence-corrected chi connectivity index (χ1v) is 13.1. The number of halogens is 4. The molecule has 4 heteroatoms. The molecule has 1 atom stereocenters. The van der Waals surface area contributed by atoms with Gasteiger partial charge in [-0.15, -0.1) is 0 Å². The predicted octanol–water partition coefficient (Wildman–Crippen LogP) is 9.97. The SMILES string of the molecule is CCCCCCC(Br)CCCc1ccccc1CCCCCCCCCC(F)(F)F. The minimum atomic E-state index is -3.99. The lowest BCUT2D eigenvalue weighted by Crippen LogP contribution is -2.06. The second kappa shape index (κ2) is 17.1. The van der Waals surface area contributed by atoms with E-state index in [4.69, 9.17) is 0 Å². The normalized spacial score (nSPS) is 13.0. The molecular weight excluding hydrogens is 449 g/mol. The number of benzene rings is 1. The highest BCUT2D eigenvalue weighted by Crippen LogP contribution is 2.24. The first-order valence-electron chi connectivity index (χ1n) is 12.2. The standard InChI is InChI=1S/C26H42BrF3/c1-2-3-4-11-20-25(27)21-15-19-24-18-13-12-17-23(24)16-10-8-6-5-7-9-14-22-26(28,29)30/h12-13,17-18,25H,2-11,14-16,19-22H2,1H3. The van der Waals surface area contributed by atoms with Crippen molar-refractivity contribution in [1.29, 1.82) is 0 Å². The van der Waals surface area contributed by atoms with E-state index in [0.29, 0.717) is 11.2 Å². The maximum atomic E-state index is 12.1. The summed E-state index contributed by atoms with van der Waals surface area (Å²) in [6.07, 6.45) is 13.2. The van der Waals surface area contributed by atoms with Gasteiger partial charge in [0, 0.05) is 11.2 Å². The molecule has 0 aliphatic heterocycles. The van der Waals surface area contributed by atoms with Gasteiger partial charge in [0.05, 0.1) is 0 Å². The third kappa shape index (κ3) is 15.3. The third-order valence-electron chi connectivity index (χ3n) is 5.86. The number of hydrogen-bond acceptors (Lipinski definition) is 0. The van der Waals surface area contributed by atoms with Gasteiger partial charge in [-0.25, -0.2) is 0 Å². The number of unbranched alkanes of at least 4 members (excludes halogenated alkanes) is 9. The molecule has 0 spiro atoms. The van der Waals surface area contributed by atoms with E-state index in [1.807, 2.05) is 0 Å². The lowest BCUT2D eigenvalue weighted by Gasteiger charge is -2.12. The average molecular weight is 492 g/mol. The molecule has 1 aromatic rings. The summed E-state index contributed by atoms with van der Waals surface area (Å²) in [6, 6.07) is 8.83. The number of hydrogen-bond donors (Lipinski definition) is 0. The fraction of sp³-hybridized carbons (Fsp3) is 0.769. The molecule has 1 unspecified atom stereocenters. The molecule has 0 aliphatic carbocycles. The Morgan fingerprint density at radius 3 is 1.80 bits per heavy atom. The van der Waals surface area contributed by atoms with Crippen LogP contribution in [0.4, 0.5) is 13.2 Å². The van der Waals surface area contributed by atoms with Crippen LogP contribution in [0, 0.1) is 0 Å². The predicted molar refractivity (Wildman–Crippen MR) is 128 cm³/mol. The topological polar surface area (TPSA) is 0 Å². The van der Waals surface area contributed by atoms with Crippen LogP contribution < -0.4 is 0 Å². The van der Waals surface area contributed by atoms with Crippen LogP contribution in [0.5, 0.6) is 0 Å². The van der Waals surface area contributed by atoms with E-state index in [0.717, 1.165) is 32.1 Å². The van der Waals surface area contributed by atoms with Crippen LogP contribution in [0.1, 0.15) is 114 Å². The molecule has 1 rings (SSSR count). The van der Waals surface area contributed by atoms with E-state index < -0.39 is 12.6 Å². The van der Waals surface area contributed by atoms with Crippen molar-refractivity contribution in [3.05, 3.63) is 35.4 Å². The van der Waals surface area contributed by atoms with E-state index >= 15 is 0 Å². The zero-order chi connectivity index (χ0) is 22.1. The molecule has 174 valence electrons. The summed E-state index contributed by atoms with van der Waals surface area (Å²) in [6.45, 7) is 2.26. The van der Waals surface area contributed by atoms with Gasteiger partial charge in [-0.2, -0.15) is 13.2 Å². The summed E-state index contributed by atoms with van der Waals surface area (Å²) in [5.41, 5.74) is 2.98. The van der Waals surface area contributed by atoms with Gasteiger partial charge in [-0.05, 0) is 56.1 Å². The minimum Gasteiger partial charge on any atom is -0.171 e. The first kappa shape index (κ1) is 27.5. The Morgan fingerprint density at radius 1 is 0.700 bits per heavy atom. The Kier molecular flexibility index (Phi) is 15.7. The van der Waals surface area contributed by atoms with Crippen molar-refractivity contribution >= 4 is 15.9 Å². The third-order valence-corrected chi connectivity index (χ3v) is 6.77. The Labute approximate surface area is 191 Å². The van der Waals surface area contributed by atoms with Crippen molar-refractivity contribution in [2.75, 3.05) is 0 Å². The maximum Gasteiger partial charge on any atom is 0.389 e. The monoisotopic (exact) mass is 490 g/mol. The minimum absolute atomic E-state index is 0.283. The highest BCUT2D eigenvalue weighted by atomic mass is 79.9. The van der Waals surface area contributed by atoms with Gasteiger partial charge in [-0.1, -0.05) is 105 Å². The number of aryl methyl sites for hydroxylation is 2. The Bertz CT molecular complexity index is 527. The summed E-state index contributed by atoms with van der Waals surface area (Å²) in [5.74, 6) is 0. The Balaban J connectivity index is 2.13. The largest absolute Gasteiger partial charge is 0.389 e. The molecule has 30 heavy (non-hydrogen) atoms. The molecule has 0 N–H and O–H groups in total. The van der Waals surface area contributed by atoms with Crippen molar-refractivity contribution in [1.82, 2.24) is 0 Å². The van der Waals surface area contributed by atoms with Crippen LogP contribution >= 0.6 is 15.9 Å². The zero-order valence-corrected chi connectivity index (χ0v) is 20.5. The Morgan fingerprint density at radius 2 is 1.20 bits per heavy atom. The molecule has 0 aliphatic rings. The van der Waals surface area contributed by atoms with Gasteiger partial charge in [0.15, 0.2) is 0 Å². The van der Waals surface area contributed by atoms with Crippen LogP contribution in [0.3, 0.4) is 0 Å². The van der Waals surface area contributed by atoms with Gasteiger partial charge in [0.1, 0.15) is 0 Å². The maximum absolute atomic E-state index is 12.1. The van der Waals surface area contributed by atoms with Crippen LogP contribution in [-0.4, -0.2) is 11.0 Å². The summed E-state index contributed by atoms with van der Waals surface area (Å²) in [5, 5.41) is 0. The second-order valence-corrected chi connectivity index (χ2v) is 9.99. The lowest BCUT2D eigenvalue weighted by atomic mass is 9.96. The average Bonchev–Trinajstić information content (AvgIpc) is 2.70. The van der Waals surface area contributed by atoms with Gasteiger partial charge in [0.25, 0.3) is 0 Å². The first-order chi connectivity index (χ1) is 14.4. The van der Waals surface area contributed by atoms with E-state index in [2.05, 4.69) is 47.1 Å². The van der Waals surface area contributed by atoms with E-state index in [9.17, 15) is 13.2 Å². The summed E-state index contributed by atoms with van der Waals surface area (Å²) >= 11 is 3.86. The fourth-order valence-electron chi connectivity index (χ4n) is 4.02. The summed E-state index contributed by atoms with van der Waals surface area (Å²) < 4.78 is 36.3. The molecule has 0 heterocycles. The molecule has 0 aromatic heterocycles. The van der Waals surface area contributed by atoms with Gasteiger partial charge in [0.2, 0.25) is 0 Å². The van der Waals surface area contributed by atoms with Gasteiger partial charge in [-0.3, -0.25) is 0 Å². The van der Waals surface area contributed by atoms with Gasteiger partial charge >= 0.3 is 6.18 Å². The second-order valence-electron chi connectivity index (χ2n) is 8.70. The van der Waals surface area contributed by atoms with E-state index in [1.165, 1.54) is 68.9 Å². The van der Waals surface area contributed by atoms with E-state index in [1.54, 1.807) is 0 Å². The van der Waals surface area contributed by atoms with Crippen molar-refractivity contribution < 1.29 is 13.2 Å². The number of alkyl halides is 4. The lowest BCUT2D eigenvalue weighted by molar-refractivity contribution is -0.135. The summed E-state index contributed by atoms with van der Waals surface area (Å²) in [4.78, 5) is 0.651. The molecule has 1 aromatic carbocycles. The molecule has 0 bridgehead atoms. The van der Waals surface area contributed by atoms with Crippen molar-refractivity contribution in [3.63, 3.8) is 0 Å². The molecule has 0 nitrogen and oxygen atoms in total. The highest BCUT2D eigenvalue weighted by molar-refractivity contribution is 9.09. The van der Waals surface area contributed by atoms with Crippen molar-refractivity contribution in [2.24, 2.45) is 0 Å². The smallest absolute Gasteiger partial charge is 0.171 e. The Hall–Kier alpha value is -0.510. The van der Waals surface area contributed by atoms with E-state index in [-0.39, 0.29) is 6.42 Å².